The fourth-order valence-corrected chi connectivity index (χ4v) is 3.90. The highest BCUT2D eigenvalue weighted by atomic mass is 16.5. The van der Waals surface area contributed by atoms with E-state index in [1.54, 1.807) is 25.3 Å². The third-order valence-electron chi connectivity index (χ3n) is 5.54. The van der Waals surface area contributed by atoms with Gasteiger partial charge in [-0.1, -0.05) is 12.1 Å². The molecule has 1 amide bonds. The smallest absolute Gasteiger partial charge is 0.251 e. The second-order valence-corrected chi connectivity index (χ2v) is 7.64. The summed E-state index contributed by atoms with van der Waals surface area (Å²) in [5, 5.41) is 3.02. The van der Waals surface area contributed by atoms with Crippen LogP contribution in [0.25, 0.3) is 0 Å². The molecule has 2 aromatic rings. The number of rotatable bonds is 11. The number of benzene rings is 2. The number of nitrogens with one attached hydrogen (secondary N) is 1. The SMILES string of the molecule is CCOc1ccc(C(=O)NCCCN2CCN(c3ccccc3OC)CC2)cc1OCC. The van der Waals surface area contributed by atoms with Crippen molar-refractivity contribution in [1.29, 1.82) is 0 Å². The maximum atomic E-state index is 12.5. The molecule has 0 bridgehead atoms. The van der Waals surface area contributed by atoms with Crippen molar-refractivity contribution in [1.82, 2.24) is 10.2 Å². The van der Waals surface area contributed by atoms with Crippen molar-refractivity contribution in [3.05, 3.63) is 48.0 Å². The van der Waals surface area contributed by atoms with E-state index in [-0.39, 0.29) is 5.91 Å². The maximum Gasteiger partial charge on any atom is 0.251 e. The van der Waals surface area contributed by atoms with Gasteiger partial charge in [-0.3, -0.25) is 9.69 Å². The number of hydrogen-bond donors (Lipinski definition) is 1. The zero-order valence-corrected chi connectivity index (χ0v) is 19.4. The van der Waals surface area contributed by atoms with E-state index in [0.717, 1.165) is 50.6 Å². The molecule has 1 N–H and O–H groups in total. The molecular formula is C25H35N3O4. The molecule has 0 saturated carbocycles. The molecule has 1 fully saturated rings. The number of amides is 1. The molecule has 0 atom stereocenters. The van der Waals surface area contributed by atoms with Gasteiger partial charge in [0.05, 0.1) is 26.0 Å². The van der Waals surface area contributed by atoms with Crippen molar-refractivity contribution in [2.24, 2.45) is 0 Å². The Kier molecular flexibility index (Phi) is 9.04. The van der Waals surface area contributed by atoms with E-state index in [0.29, 0.717) is 36.8 Å². The maximum absolute atomic E-state index is 12.5. The molecule has 7 nitrogen and oxygen atoms in total. The van der Waals surface area contributed by atoms with Crippen LogP contribution in [0.2, 0.25) is 0 Å². The average Bonchev–Trinajstić information content (AvgIpc) is 2.83. The Labute approximate surface area is 191 Å². The lowest BCUT2D eigenvalue weighted by Crippen LogP contribution is -2.47. The van der Waals surface area contributed by atoms with Crippen molar-refractivity contribution in [2.45, 2.75) is 20.3 Å². The monoisotopic (exact) mass is 441 g/mol. The van der Waals surface area contributed by atoms with E-state index in [9.17, 15) is 4.79 Å². The number of piperazine rings is 1. The van der Waals surface area contributed by atoms with E-state index in [2.05, 4.69) is 27.2 Å². The summed E-state index contributed by atoms with van der Waals surface area (Å²) in [5.74, 6) is 2.11. The second-order valence-electron chi connectivity index (χ2n) is 7.64. The van der Waals surface area contributed by atoms with Gasteiger partial charge < -0.3 is 24.4 Å². The summed E-state index contributed by atoms with van der Waals surface area (Å²) in [4.78, 5) is 17.4. The van der Waals surface area contributed by atoms with Gasteiger partial charge >= 0.3 is 0 Å². The first kappa shape index (κ1) is 23.7. The van der Waals surface area contributed by atoms with Crippen molar-refractivity contribution in [2.75, 3.05) is 64.5 Å². The summed E-state index contributed by atoms with van der Waals surface area (Å²) in [6.45, 7) is 10.5. The summed E-state index contributed by atoms with van der Waals surface area (Å²) in [6, 6.07) is 13.5. The molecule has 0 radical (unpaired) electrons. The Morgan fingerprint density at radius 2 is 1.66 bits per heavy atom. The molecule has 2 aromatic carbocycles. The number of carbonyl (C=O) groups excluding carboxylic acids is 1. The second kappa shape index (κ2) is 12.2. The average molecular weight is 442 g/mol. The van der Waals surface area contributed by atoms with Crippen LogP contribution in [0, 0.1) is 0 Å². The van der Waals surface area contributed by atoms with E-state index in [4.69, 9.17) is 14.2 Å². The predicted molar refractivity (Wildman–Crippen MR) is 127 cm³/mol. The number of para-hydroxylation sites is 2. The lowest BCUT2D eigenvalue weighted by molar-refractivity contribution is 0.0951. The summed E-state index contributed by atoms with van der Waals surface area (Å²) >= 11 is 0. The molecule has 174 valence electrons. The van der Waals surface area contributed by atoms with Crippen LogP contribution in [-0.2, 0) is 0 Å². The normalized spacial score (nSPS) is 14.2. The first-order chi connectivity index (χ1) is 15.7. The minimum atomic E-state index is -0.0880. The van der Waals surface area contributed by atoms with Crippen LogP contribution >= 0.6 is 0 Å². The molecule has 1 aliphatic rings. The Bertz CT molecular complexity index is 866. The summed E-state index contributed by atoms with van der Waals surface area (Å²) in [5.41, 5.74) is 1.74. The molecule has 0 unspecified atom stereocenters. The van der Waals surface area contributed by atoms with Gasteiger partial charge in [-0.05, 0) is 57.1 Å². The minimum Gasteiger partial charge on any atom is -0.495 e. The lowest BCUT2D eigenvalue weighted by atomic mass is 10.2. The van der Waals surface area contributed by atoms with Gasteiger partial charge in [0.15, 0.2) is 11.5 Å². The molecule has 0 spiro atoms. The number of hydrogen-bond acceptors (Lipinski definition) is 6. The van der Waals surface area contributed by atoms with Crippen LogP contribution in [0.5, 0.6) is 17.2 Å². The van der Waals surface area contributed by atoms with Gasteiger partial charge in [-0.2, -0.15) is 0 Å². The first-order valence-corrected chi connectivity index (χ1v) is 11.4. The fraction of sp³-hybridized carbons (Fsp3) is 0.480. The summed E-state index contributed by atoms with van der Waals surface area (Å²) < 4.78 is 16.7. The minimum absolute atomic E-state index is 0.0880. The highest BCUT2D eigenvalue weighted by Gasteiger charge is 2.19. The van der Waals surface area contributed by atoms with E-state index in [1.165, 1.54) is 0 Å². The molecule has 1 aliphatic heterocycles. The zero-order valence-electron chi connectivity index (χ0n) is 19.4. The molecular weight excluding hydrogens is 406 g/mol. The third kappa shape index (κ3) is 6.29. The van der Waals surface area contributed by atoms with Gasteiger partial charge in [0.25, 0.3) is 5.91 Å². The number of anilines is 1. The Morgan fingerprint density at radius 1 is 0.938 bits per heavy atom. The topological polar surface area (TPSA) is 63.3 Å². The first-order valence-electron chi connectivity index (χ1n) is 11.4. The Hall–Kier alpha value is -2.93. The Morgan fingerprint density at radius 3 is 2.38 bits per heavy atom. The van der Waals surface area contributed by atoms with Gasteiger partial charge in [0.2, 0.25) is 0 Å². The van der Waals surface area contributed by atoms with Crippen LogP contribution < -0.4 is 24.4 Å². The molecule has 1 saturated heterocycles. The van der Waals surface area contributed by atoms with E-state index in [1.807, 2.05) is 26.0 Å². The largest absolute Gasteiger partial charge is 0.495 e. The lowest BCUT2D eigenvalue weighted by Gasteiger charge is -2.36. The number of nitrogens with zero attached hydrogens (tertiary/aromatic N) is 2. The molecule has 32 heavy (non-hydrogen) atoms. The van der Waals surface area contributed by atoms with Crippen LogP contribution in [0.1, 0.15) is 30.6 Å². The van der Waals surface area contributed by atoms with Gasteiger partial charge in [0.1, 0.15) is 5.75 Å². The number of carbonyl (C=O) groups is 1. The molecule has 1 heterocycles. The predicted octanol–water partition coefficient (Wildman–Crippen LogP) is 3.43. The van der Waals surface area contributed by atoms with Crippen LogP contribution in [0.15, 0.2) is 42.5 Å². The van der Waals surface area contributed by atoms with Crippen LogP contribution in [-0.4, -0.2) is 70.4 Å². The van der Waals surface area contributed by atoms with Crippen LogP contribution in [0.3, 0.4) is 0 Å². The number of ether oxygens (including phenoxy) is 3. The Balaban J connectivity index is 1.41. The standard InChI is InChI=1S/C25H35N3O4/c1-4-31-23-12-11-20(19-24(23)32-5-2)25(29)26-13-8-14-27-15-17-28(18-16-27)21-9-6-7-10-22(21)30-3/h6-7,9-12,19H,4-5,8,13-18H2,1-3H3,(H,26,29). The fourth-order valence-electron chi connectivity index (χ4n) is 3.90. The van der Waals surface area contributed by atoms with Gasteiger partial charge in [-0.15, -0.1) is 0 Å². The molecule has 0 aliphatic carbocycles. The third-order valence-corrected chi connectivity index (χ3v) is 5.54. The van der Waals surface area contributed by atoms with E-state index >= 15 is 0 Å². The van der Waals surface area contributed by atoms with Crippen molar-refractivity contribution in [3.8, 4) is 17.2 Å². The highest BCUT2D eigenvalue weighted by molar-refractivity contribution is 5.94. The highest BCUT2D eigenvalue weighted by Crippen LogP contribution is 2.29. The van der Waals surface area contributed by atoms with Gasteiger partial charge in [0, 0.05) is 38.3 Å². The van der Waals surface area contributed by atoms with E-state index < -0.39 is 0 Å². The molecule has 7 heteroatoms. The number of methoxy groups -OCH3 is 1. The zero-order chi connectivity index (χ0) is 22.8. The summed E-state index contributed by atoms with van der Waals surface area (Å²) in [6.07, 6.45) is 0.912. The summed E-state index contributed by atoms with van der Waals surface area (Å²) in [7, 11) is 1.72. The van der Waals surface area contributed by atoms with Crippen molar-refractivity contribution in [3.63, 3.8) is 0 Å². The van der Waals surface area contributed by atoms with Crippen molar-refractivity contribution < 1.29 is 19.0 Å². The van der Waals surface area contributed by atoms with Crippen molar-refractivity contribution >= 4 is 11.6 Å². The quantitative estimate of drug-likeness (QED) is 0.539. The van der Waals surface area contributed by atoms with Crippen LogP contribution in [0.4, 0.5) is 5.69 Å². The van der Waals surface area contributed by atoms with Gasteiger partial charge in [-0.25, -0.2) is 0 Å². The molecule has 0 aromatic heterocycles. The molecule has 3 rings (SSSR count).